The lowest BCUT2D eigenvalue weighted by Crippen LogP contribution is -2.36. The molecule has 1 aromatic carbocycles. The van der Waals surface area contributed by atoms with E-state index in [1.54, 1.807) is 12.1 Å². The molecule has 1 aliphatic rings. The maximum Gasteiger partial charge on any atom is 0.259 e. The summed E-state index contributed by atoms with van der Waals surface area (Å²) in [4.78, 5) is 21.9. The van der Waals surface area contributed by atoms with Gasteiger partial charge in [-0.3, -0.25) is 4.79 Å². The first-order valence-electron chi connectivity index (χ1n) is 14.2. The third kappa shape index (κ3) is 6.53. The second-order valence-corrected chi connectivity index (χ2v) is 12.4. The van der Waals surface area contributed by atoms with Gasteiger partial charge < -0.3 is 18.9 Å². The van der Waals surface area contributed by atoms with E-state index >= 15 is 0 Å². The van der Waals surface area contributed by atoms with E-state index < -0.39 is 8.53 Å². The van der Waals surface area contributed by atoms with Crippen LogP contribution in [0.2, 0.25) is 0 Å². The van der Waals surface area contributed by atoms with E-state index in [1.807, 2.05) is 30.5 Å². The van der Waals surface area contributed by atoms with E-state index in [4.69, 9.17) is 14.3 Å². The molecule has 0 bridgehead atoms. The van der Waals surface area contributed by atoms with Crippen LogP contribution in [0.25, 0.3) is 11.0 Å². The van der Waals surface area contributed by atoms with Gasteiger partial charge in [-0.1, -0.05) is 38.5 Å². The molecule has 4 rings (SSSR count). The Kier molecular flexibility index (Phi) is 10.3. The van der Waals surface area contributed by atoms with Crippen LogP contribution in [0.15, 0.2) is 48.9 Å². The van der Waals surface area contributed by atoms with E-state index in [9.17, 15) is 4.79 Å². The fraction of sp³-hybridized carbons (Fsp3) is 0.533. The molecular formula is C30H41N6O3P. The largest absolute Gasteiger partial charge is 0.327 e. The Balaban J connectivity index is 1.66. The average molecular weight is 565 g/mol. The lowest BCUT2D eigenvalue weighted by atomic mass is 9.95. The van der Waals surface area contributed by atoms with Gasteiger partial charge in [0.2, 0.25) is 0 Å². The number of hydrogen-bond acceptors (Lipinski definition) is 7. The van der Waals surface area contributed by atoms with Gasteiger partial charge >= 0.3 is 0 Å². The molecule has 2 aromatic heterocycles. The molecule has 5 unspecified atom stereocenters. The summed E-state index contributed by atoms with van der Waals surface area (Å²) in [6, 6.07) is 13.8. The van der Waals surface area contributed by atoms with Gasteiger partial charge in [-0.2, -0.15) is 5.26 Å². The molecule has 1 amide bonds. The molecule has 40 heavy (non-hydrogen) atoms. The van der Waals surface area contributed by atoms with Gasteiger partial charge in [0.25, 0.3) is 14.4 Å². The lowest BCUT2D eigenvalue weighted by molar-refractivity contribution is 0.0840. The number of nitrogens with zero attached hydrogens (tertiary/aromatic N) is 5. The highest BCUT2D eigenvalue weighted by Gasteiger charge is 2.45. The van der Waals surface area contributed by atoms with Crippen molar-refractivity contribution in [2.75, 3.05) is 11.9 Å². The maximum atomic E-state index is 12.9. The molecule has 10 heteroatoms. The monoisotopic (exact) mass is 564 g/mol. The predicted molar refractivity (Wildman–Crippen MR) is 159 cm³/mol. The Morgan fingerprint density at radius 2 is 1.93 bits per heavy atom. The summed E-state index contributed by atoms with van der Waals surface area (Å²) in [6.45, 7) is 13.4. The van der Waals surface area contributed by atoms with Crippen molar-refractivity contribution in [2.45, 2.75) is 85.0 Å². The molecule has 0 spiro atoms. The van der Waals surface area contributed by atoms with Gasteiger partial charge in [-0.15, -0.1) is 0 Å². The van der Waals surface area contributed by atoms with E-state index in [-0.39, 0.29) is 30.1 Å². The van der Waals surface area contributed by atoms with E-state index in [0.717, 1.165) is 23.9 Å². The van der Waals surface area contributed by atoms with Crippen molar-refractivity contribution in [3.05, 3.63) is 54.5 Å². The normalized spacial score (nSPS) is 21.8. The fourth-order valence-corrected chi connectivity index (χ4v) is 7.61. The van der Waals surface area contributed by atoms with Crippen LogP contribution >= 0.6 is 8.53 Å². The topological polar surface area (TPSA) is 105 Å². The highest BCUT2D eigenvalue weighted by molar-refractivity contribution is 7.44. The van der Waals surface area contributed by atoms with E-state index in [0.29, 0.717) is 36.2 Å². The van der Waals surface area contributed by atoms with Crippen molar-refractivity contribution in [2.24, 2.45) is 11.8 Å². The van der Waals surface area contributed by atoms with Gasteiger partial charge in [-0.05, 0) is 64.2 Å². The highest BCUT2D eigenvalue weighted by atomic mass is 31.2. The number of fused-ring (bicyclic) bond motifs is 1. The lowest BCUT2D eigenvalue weighted by Gasteiger charge is -2.38. The number of carbonyl (C=O) groups is 1. The Bertz CT molecular complexity index is 1300. The van der Waals surface area contributed by atoms with Crippen molar-refractivity contribution < 1.29 is 13.8 Å². The van der Waals surface area contributed by atoms with E-state index in [1.165, 1.54) is 6.33 Å². The fourth-order valence-electron chi connectivity index (χ4n) is 5.76. The number of amides is 1. The minimum Gasteiger partial charge on any atom is -0.327 e. The first-order chi connectivity index (χ1) is 19.3. The van der Waals surface area contributed by atoms with Crippen LogP contribution in [-0.2, 0) is 9.05 Å². The molecule has 0 aliphatic heterocycles. The number of nitriles is 1. The molecule has 214 valence electrons. The number of carbonyl (C=O) groups excluding carboxylic acids is 1. The molecular weight excluding hydrogens is 523 g/mol. The van der Waals surface area contributed by atoms with Crippen LogP contribution in [0.5, 0.6) is 0 Å². The molecule has 1 saturated carbocycles. The molecule has 3 aromatic rings. The van der Waals surface area contributed by atoms with Crippen LogP contribution in [0.1, 0.15) is 77.2 Å². The second kappa shape index (κ2) is 13.6. The number of nitrogens with one attached hydrogen (secondary N) is 1. The molecule has 5 atom stereocenters. The van der Waals surface area contributed by atoms with Gasteiger partial charge in [0.15, 0.2) is 0 Å². The summed E-state index contributed by atoms with van der Waals surface area (Å²) in [5.41, 5.74) is 1.34. The summed E-state index contributed by atoms with van der Waals surface area (Å²) in [5, 5.41) is 12.9. The summed E-state index contributed by atoms with van der Waals surface area (Å²) >= 11 is 0. The molecule has 1 N–H and O–H groups in total. The highest BCUT2D eigenvalue weighted by Crippen LogP contribution is 2.54. The molecule has 1 aliphatic carbocycles. The summed E-state index contributed by atoms with van der Waals surface area (Å²) in [6.07, 6.45) is 5.75. The molecule has 9 nitrogen and oxygen atoms in total. The first kappa shape index (κ1) is 30.1. The summed E-state index contributed by atoms with van der Waals surface area (Å²) < 4.78 is 17.7. The smallest absolute Gasteiger partial charge is 0.259 e. The number of hydrogen-bond donors (Lipinski definition) is 1. The zero-order chi connectivity index (χ0) is 28.8. The Morgan fingerprint density at radius 1 is 1.20 bits per heavy atom. The third-order valence-electron chi connectivity index (χ3n) is 7.72. The average Bonchev–Trinajstić information content (AvgIpc) is 3.50. The van der Waals surface area contributed by atoms with Crippen molar-refractivity contribution in [1.29, 1.82) is 5.26 Å². The zero-order valence-corrected chi connectivity index (χ0v) is 25.2. The van der Waals surface area contributed by atoms with Crippen molar-refractivity contribution in [3.8, 4) is 6.07 Å². The van der Waals surface area contributed by atoms with Crippen LogP contribution in [0.4, 0.5) is 5.82 Å². The Hall–Kier alpha value is -2.89. The Morgan fingerprint density at radius 3 is 2.58 bits per heavy atom. The minimum atomic E-state index is -1.39. The SMILES string of the molecule is CCC1CC(n2ccc3c(NC(=O)c4ccccc4)ncnc32)C(OP(OCCC#N)N(C(C)C)C(C)C)C1C. The van der Waals surface area contributed by atoms with Crippen molar-refractivity contribution in [1.82, 2.24) is 19.2 Å². The van der Waals surface area contributed by atoms with Gasteiger partial charge in [0.05, 0.1) is 36.6 Å². The number of rotatable bonds is 12. The van der Waals surface area contributed by atoms with Crippen LogP contribution in [-0.4, -0.2) is 49.9 Å². The molecule has 0 radical (unpaired) electrons. The van der Waals surface area contributed by atoms with Crippen molar-refractivity contribution >= 4 is 31.3 Å². The van der Waals surface area contributed by atoms with Gasteiger partial charge in [-0.25, -0.2) is 14.6 Å². The van der Waals surface area contributed by atoms with E-state index in [2.05, 4.69) is 72.1 Å². The number of anilines is 1. The molecule has 1 fully saturated rings. The standard InChI is InChI=1S/C30H41N6O3P/c1-7-23-18-26(27(22(23)6)39-40(38-17-11-15-31)36(20(2)3)21(4)5)35-16-14-25-28(32-19-33-29(25)35)34-30(37)24-12-9-8-10-13-24/h8-10,12-14,16,19-23,26-27H,7,11,17-18H2,1-6H3,(H,32,33,34,37). The minimum absolute atomic E-state index is 0.0377. The summed E-state index contributed by atoms with van der Waals surface area (Å²) in [7, 11) is -1.39. The van der Waals surface area contributed by atoms with Crippen LogP contribution in [0, 0.1) is 23.2 Å². The predicted octanol–water partition coefficient (Wildman–Crippen LogP) is 6.95. The first-order valence-corrected chi connectivity index (χ1v) is 15.3. The molecule has 0 saturated heterocycles. The molecule has 2 heterocycles. The number of aromatic nitrogens is 3. The summed E-state index contributed by atoms with van der Waals surface area (Å²) in [5.74, 6) is 1.06. The van der Waals surface area contributed by atoms with Crippen LogP contribution < -0.4 is 5.32 Å². The van der Waals surface area contributed by atoms with Gasteiger partial charge in [0.1, 0.15) is 17.8 Å². The van der Waals surface area contributed by atoms with Crippen molar-refractivity contribution in [3.63, 3.8) is 0 Å². The Labute approximate surface area is 238 Å². The van der Waals surface area contributed by atoms with Gasteiger partial charge in [0, 0.05) is 23.8 Å². The third-order valence-corrected chi connectivity index (χ3v) is 9.85. The quantitative estimate of drug-likeness (QED) is 0.187. The van der Waals surface area contributed by atoms with Crippen LogP contribution in [0.3, 0.4) is 0 Å². The number of benzene rings is 1. The second-order valence-electron chi connectivity index (χ2n) is 10.9. The zero-order valence-electron chi connectivity index (χ0n) is 24.3. The maximum absolute atomic E-state index is 12.9.